The maximum atomic E-state index is 11.5. The number of nitrogens with one attached hydrogen (secondary N) is 1. The van der Waals surface area contributed by atoms with Crippen LogP contribution in [0.3, 0.4) is 0 Å². The zero-order chi connectivity index (χ0) is 11.5. The summed E-state index contributed by atoms with van der Waals surface area (Å²) >= 11 is 0. The van der Waals surface area contributed by atoms with Gasteiger partial charge in [0.1, 0.15) is 6.23 Å². The molecule has 0 aromatic carbocycles. The third-order valence-corrected chi connectivity index (χ3v) is 2.54. The Morgan fingerprint density at radius 2 is 2.44 bits per heavy atom. The smallest absolute Gasteiger partial charge is 0.351 e. The van der Waals surface area contributed by atoms with E-state index in [4.69, 9.17) is 15.1 Å². The maximum absolute atomic E-state index is 11.5. The van der Waals surface area contributed by atoms with Crippen LogP contribution in [0.5, 0.6) is 0 Å². The normalized spacial score (nSPS) is 24.6. The first-order valence-electron chi connectivity index (χ1n) is 5.00. The van der Waals surface area contributed by atoms with Gasteiger partial charge in [-0.05, 0) is 18.9 Å². The second kappa shape index (κ2) is 4.60. The van der Waals surface area contributed by atoms with Crippen molar-refractivity contribution in [3.8, 4) is 0 Å². The number of hydrogen-bond acceptors (Lipinski definition) is 6. The Hall–Kier alpha value is -1.44. The number of nitrogens with zero attached hydrogens (tertiary/aromatic N) is 2. The molecule has 1 aliphatic rings. The molecular formula is C9H13N3O4. The van der Waals surface area contributed by atoms with E-state index in [9.17, 15) is 4.79 Å². The molecule has 1 saturated heterocycles. The molecule has 0 aliphatic carbocycles. The lowest BCUT2D eigenvalue weighted by atomic mass is 10.2. The lowest BCUT2D eigenvalue weighted by Gasteiger charge is -2.14. The lowest BCUT2D eigenvalue weighted by molar-refractivity contribution is -0.0245. The van der Waals surface area contributed by atoms with Gasteiger partial charge in [0.15, 0.2) is 5.82 Å². The first kappa shape index (κ1) is 11.1. The van der Waals surface area contributed by atoms with Crippen molar-refractivity contribution in [1.29, 1.82) is 0 Å². The number of hydrogen-bond donors (Lipinski definition) is 3. The molecule has 2 heterocycles. The van der Waals surface area contributed by atoms with Crippen LogP contribution in [0.1, 0.15) is 19.1 Å². The molecule has 2 atom stereocenters. The molecule has 3 N–H and O–H groups in total. The average Bonchev–Trinajstić information content (AvgIpc) is 2.77. The molecule has 2 rings (SSSR count). The Bertz CT molecular complexity index is 419. The Labute approximate surface area is 91.3 Å². The monoisotopic (exact) mass is 227 g/mol. The van der Waals surface area contributed by atoms with Crippen LogP contribution in [-0.2, 0) is 4.74 Å². The van der Waals surface area contributed by atoms with Gasteiger partial charge in [-0.15, -0.1) is 0 Å². The number of ether oxygens (including phenoxy) is 1. The van der Waals surface area contributed by atoms with E-state index < -0.39 is 5.69 Å². The van der Waals surface area contributed by atoms with Gasteiger partial charge in [-0.2, -0.15) is 4.98 Å². The van der Waals surface area contributed by atoms with Crippen LogP contribution in [0, 0.1) is 0 Å². The van der Waals surface area contributed by atoms with Crippen LogP contribution in [0.15, 0.2) is 17.1 Å². The number of rotatable bonds is 3. The van der Waals surface area contributed by atoms with Gasteiger partial charge in [0, 0.05) is 6.20 Å². The minimum Gasteiger partial charge on any atom is -0.394 e. The second-order valence-corrected chi connectivity index (χ2v) is 3.59. The van der Waals surface area contributed by atoms with E-state index >= 15 is 0 Å². The van der Waals surface area contributed by atoms with Gasteiger partial charge in [-0.25, -0.2) is 4.79 Å². The fraction of sp³-hybridized carbons (Fsp3) is 0.556. The number of anilines is 1. The molecule has 0 radical (unpaired) electrons. The topological polar surface area (TPSA) is 96.6 Å². The van der Waals surface area contributed by atoms with Gasteiger partial charge in [0.2, 0.25) is 0 Å². The average molecular weight is 227 g/mol. The van der Waals surface area contributed by atoms with Crippen LogP contribution < -0.4 is 11.2 Å². The molecule has 0 saturated carbocycles. The highest BCUT2D eigenvalue weighted by molar-refractivity contribution is 5.27. The van der Waals surface area contributed by atoms with Gasteiger partial charge in [-0.1, -0.05) is 0 Å². The summed E-state index contributed by atoms with van der Waals surface area (Å²) in [5.41, 5.74) is 1.30. The third kappa shape index (κ3) is 2.06. The van der Waals surface area contributed by atoms with Crippen molar-refractivity contribution in [3.63, 3.8) is 0 Å². The minimum atomic E-state index is -0.498. The fourth-order valence-corrected chi connectivity index (χ4v) is 1.72. The van der Waals surface area contributed by atoms with E-state index in [1.807, 2.05) is 0 Å². The molecular weight excluding hydrogens is 214 g/mol. The van der Waals surface area contributed by atoms with E-state index in [0.717, 1.165) is 0 Å². The van der Waals surface area contributed by atoms with E-state index in [1.54, 1.807) is 5.48 Å². The van der Waals surface area contributed by atoms with Gasteiger partial charge in [-0.3, -0.25) is 15.3 Å². The summed E-state index contributed by atoms with van der Waals surface area (Å²) < 4.78 is 6.78. The van der Waals surface area contributed by atoms with E-state index in [-0.39, 0.29) is 24.8 Å². The summed E-state index contributed by atoms with van der Waals surface area (Å²) in [6.07, 6.45) is 2.28. The molecule has 0 amide bonds. The van der Waals surface area contributed by atoms with E-state index in [1.165, 1.54) is 16.8 Å². The van der Waals surface area contributed by atoms with Crippen LogP contribution in [0.25, 0.3) is 0 Å². The molecule has 1 aromatic heterocycles. The van der Waals surface area contributed by atoms with Crippen LogP contribution in [-0.4, -0.2) is 32.6 Å². The Kier molecular flexibility index (Phi) is 3.18. The maximum Gasteiger partial charge on any atom is 0.351 e. The summed E-state index contributed by atoms with van der Waals surface area (Å²) in [4.78, 5) is 15.1. The summed E-state index contributed by atoms with van der Waals surface area (Å²) in [5.74, 6) is 0.0953. The van der Waals surface area contributed by atoms with Crippen LogP contribution >= 0.6 is 0 Å². The van der Waals surface area contributed by atoms with Gasteiger partial charge in [0.05, 0.1) is 12.7 Å². The molecule has 1 fully saturated rings. The van der Waals surface area contributed by atoms with Crippen LogP contribution in [0.4, 0.5) is 5.82 Å². The summed E-state index contributed by atoms with van der Waals surface area (Å²) in [7, 11) is 0. The predicted octanol–water partition coefficient (Wildman–Crippen LogP) is -0.286. The second-order valence-electron chi connectivity index (χ2n) is 3.59. The van der Waals surface area contributed by atoms with Crippen molar-refractivity contribution in [1.82, 2.24) is 9.55 Å². The standard InChI is InChI=1S/C9H13N3O4/c13-5-6-1-2-8(16-6)12-4-3-7(11-15)10-9(12)14/h3-4,6,8,13,15H,1-2,5H2,(H,10,11,14)/t6?,8-/m1/s1. The summed E-state index contributed by atoms with van der Waals surface area (Å²) in [5, 5.41) is 17.5. The lowest BCUT2D eigenvalue weighted by Crippen LogP contribution is -2.27. The van der Waals surface area contributed by atoms with Crippen molar-refractivity contribution in [2.24, 2.45) is 0 Å². The third-order valence-electron chi connectivity index (χ3n) is 2.54. The first-order valence-corrected chi connectivity index (χ1v) is 5.00. The zero-order valence-corrected chi connectivity index (χ0v) is 8.54. The minimum absolute atomic E-state index is 0.0467. The van der Waals surface area contributed by atoms with Crippen molar-refractivity contribution >= 4 is 5.82 Å². The van der Waals surface area contributed by atoms with Crippen molar-refractivity contribution in [2.45, 2.75) is 25.2 Å². The molecule has 1 aliphatic heterocycles. The molecule has 1 aromatic rings. The number of aliphatic hydroxyl groups excluding tert-OH is 1. The van der Waals surface area contributed by atoms with E-state index in [2.05, 4.69) is 4.98 Å². The Morgan fingerprint density at radius 1 is 1.62 bits per heavy atom. The highest BCUT2D eigenvalue weighted by Gasteiger charge is 2.26. The highest BCUT2D eigenvalue weighted by atomic mass is 16.5. The van der Waals surface area contributed by atoms with Crippen molar-refractivity contribution in [2.75, 3.05) is 12.1 Å². The Morgan fingerprint density at radius 3 is 3.00 bits per heavy atom. The molecule has 0 bridgehead atoms. The Balaban J connectivity index is 2.19. The van der Waals surface area contributed by atoms with E-state index in [0.29, 0.717) is 12.8 Å². The first-order chi connectivity index (χ1) is 7.74. The van der Waals surface area contributed by atoms with Crippen molar-refractivity contribution < 1.29 is 15.1 Å². The SMILES string of the molecule is O=c1nc(NO)ccn1[C@H]1CCC(CO)O1. The van der Waals surface area contributed by atoms with Gasteiger partial charge < -0.3 is 9.84 Å². The molecule has 1 unspecified atom stereocenters. The predicted molar refractivity (Wildman–Crippen MR) is 54.1 cm³/mol. The van der Waals surface area contributed by atoms with Gasteiger partial charge >= 0.3 is 5.69 Å². The van der Waals surface area contributed by atoms with Crippen LogP contribution in [0.2, 0.25) is 0 Å². The quantitative estimate of drug-likeness (QED) is 0.614. The highest BCUT2D eigenvalue weighted by Crippen LogP contribution is 2.26. The number of aliphatic hydroxyl groups is 1. The van der Waals surface area contributed by atoms with Crippen molar-refractivity contribution in [3.05, 3.63) is 22.7 Å². The van der Waals surface area contributed by atoms with Gasteiger partial charge in [0.25, 0.3) is 0 Å². The molecule has 7 heteroatoms. The fourth-order valence-electron chi connectivity index (χ4n) is 1.72. The number of aromatic nitrogens is 2. The summed E-state index contributed by atoms with van der Waals surface area (Å²) in [6.45, 7) is -0.0467. The zero-order valence-electron chi connectivity index (χ0n) is 8.54. The molecule has 88 valence electrons. The summed E-state index contributed by atoms with van der Waals surface area (Å²) in [6, 6.07) is 1.47. The molecule has 16 heavy (non-hydrogen) atoms. The molecule has 0 spiro atoms. The molecule has 7 nitrogen and oxygen atoms in total. The largest absolute Gasteiger partial charge is 0.394 e.